The van der Waals surface area contributed by atoms with E-state index in [9.17, 15) is 4.79 Å². The standard InChI is InChI=1S/C19H20N4O/c1-14-6-7-16(15(2)13-14)19(24)21-10-12-23-11-8-18(22-23)17-5-3-4-9-20-17/h3-9,11,13H,10,12H2,1-2H3,(H,21,24). The minimum Gasteiger partial charge on any atom is -0.350 e. The first-order valence-corrected chi connectivity index (χ1v) is 7.94. The number of hydrogen-bond acceptors (Lipinski definition) is 3. The average molecular weight is 320 g/mol. The summed E-state index contributed by atoms with van der Waals surface area (Å²) in [5.74, 6) is -0.0513. The van der Waals surface area contributed by atoms with Crippen LogP contribution in [0.2, 0.25) is 0 Å². The molecule has 0 aliphatic carbocycles. The quantitative estimate of drug-likeness (QED) is 0.786. The van der Waals surface area contributed by atoms with Gasteiger partial charge in [0.2, 0.25) is 0 Å². The molecule has 0 saturated heterocycles. The smallest absolute Gasteiger partial charge is 0.251 e. The van der Waals surface area contributed by atoms with Crippen LogP contribution in [-0.4, -0.2) is 27.2 Å². The van der Waals surface area contributed by atoms with Crippen molar-refractivity contribution < 1.29 is 4.79 Å². The average Bonchev–Trinajstić information content (AvgIpc) is 3.04. The van der Waals surface area contributed by atoms with Gasteiger partial charge >= 0.3 is 0 Å². The van der Waals surface area contributed by atoms with Crippen LogP contribution in [-0.2, 0) is 6.54 Å². The van der Waals surface area contributed by atoms with Gasteiger partial charge in [0.1, 0.15) is 5.69 Å². The van der Waals surface area contributed by atoms with E-state index in [1.54, 1.807) is 6.20 Å². The van der Waals surface area contributed by atoms with Crippen molar-refractivity contribution in [3.63, 3.8) is 0 Å². The summed E-state index contributed by atoms with van der Waals surface area (Å²) >= 11 is 0. The fraction of sp³-hybridized carbons (Fsp3) is 0.211. The van der Waals surface area contributed by atoms with Crippen LogP contribution in [0, 0.1) is 13.8 Å². The highest BCUT2D eigenvalue weighted by Gasteiger charge is 2.08. The Morgan fingerprint density at radius 3 is 2.75 bits per heavy atom. The predicted molar refractivity (Wildman–Crippen MR) is 93.7 cm³/mol. The molecular formula is C19H20N4O. The summed E-state index contributed by atoms with van der Waals surface area (Å²) in [5, 5.41) is 7.42. The van der Waals surface area contributed by atoms with E-state index in [2.05, 4.69) is 15.4 Å². The second kappa shape index (κ2) is 7.08. The zero-order valence-corrected chi connectivity index (χ0v) is 13.9. The van der Waals surface area contributed by atoms with Crippen molar-refractivity contribution in [1.82, 2.24) is 20.1 Å². The number of aromatic nitrogens is 3. The van der Waals surface area contributed by atoms with E-state index in [-0.39, 0.29) is 5.91 Å². The third kappa shape index (κ3) is 3.68. The number of nitrogens with zero attached hydrogens (tertiary/aromatic N) is 3. The Bertz CT molecular complexity index is 840. The van der Waals surface area contributed by atoms with Crippen LogP contribution in [0.1, 0.15) is 21.5 Å². The first-order valence-electron chi connectivity index (χ1n) is 7.94. The number of benzene rings is 1. The molecule has 3 aromatic rings. The highest BCUT2D eigenvalue weighted by molar-refractivity contribution is 5.95. The third-order valence-electron chi connectivity index (χ3n) is 3.82. The van der Waals surface area contributed by atoms with E-state index < -0.39 is 0 Å². The predicted octanol–water partition coefficient (Wildman–Crippen LogP) is 2.99. The van der Waals surface area contributed by atoms with Crippen LogP contribution in [0.3, 0.4) is 0 Å². The van der Waals surface area contributed by atoms with Crippen molar-refractivity contribution in [1.29, 1.82) is 0 Å². The van der Waals surface area contributed by atoms with Gasteiger partial charge < -0.3 is 5.32 Å². The lowest BCUT2D eigenvalue weighted by Gasteiger charge is -2.08. The van der Waals surface area contributed by atoms with Crippen molar-refractivity contribution in [2.24, 2.45) is 0 Å². The summed E-state index contributed by atoms with van der Waals surface area (Å²) in [7, 11) is 0. The maximum atomic E-state index is 12.2. The van der Waals surface area contributed by atoms with E-state index in [0.29, 0.717) is 13.1 Å². The lowest BCUT2D eigenvalue weighted by Crippen LogP contribution is -2.28. The number of rotatable bonds is 5. The van der Waals surface area contributed by atoms with Crippen LogP contribution in [0.4, 0.5) is 0 Å². The molecule has 0 aliphatic heterocycles. The van der Waals surface area contributed by atoms with Gasteiger partial charge in [-0.2, -0.15) is 5.10 Å². The van der Waals surface area contributed by atoms with Gasteiger partial charge in [-0.05, 0) is 43.7 Å². The van der Waals surface area contributed by atoms with Crippen molar-refractivity contribution in [3.05, 3.63) is 71.5 Å². The minimum atomic E-state index is -0.0513. The number of pyridine rings is 1. The molecule has 0 saturated carbocycles. The molecule has 0 radical (unpaired) electrons. The molecule has 2 heterocycles. The second-order valence-electron chi connectivity index (χ2n) is 5.75. The molecule has 1 aromatic carbocycles. The summed E-state index contributed by atoms with van der Waals surface area (Å²) in [6.07, 6.45) is 3.64. The zero-order chi connectivity index (χ0) is 16.9. The molecule has 5 nitrogen and oxygen atoms in total. The first-order chi connectivity index (χ1) is 11.6. The topological polar surface area (TPSA) is 59.8 Å². The van der Waals surface area contributed by atoms with Crippen molar-refractivity contribution in [2.75, 3.05) is 6.54 Å². The molecule has 0 unspecified atom stereocenters. The highest BCUT2D eigenvalue weighted by atomic mass is 16.1. The van der Waals surface area contributed by atoms with Gasteiger partial charge in [-0.3, -0.25) is 14.5 Å². The Kier molecular flexibility index (Phi) is 4.70. The van der Waals surface area contributed by atoms with Crippen LogP contribution in [0.15, 0.2) is 54.9 Å². The number of nitrogens with one attached hydrogen (secondary N) is 1. The molecule has 24 heavy (non-hydrogen) atoms. The van der Waals surface area contributed by atoms with Crippen molar-refractivity contribution >= 4 is 5.91 Å². The van der Waals surface area contributed by atoms with E-state index in [1.165, 1.54) is 0 Å². The number of carbonyl (C=O) groups is 1. The van der Waals surface area contributed by atoms with E-state index >= 15 is 0 Å². The molecule has 3 rings (SSSR count). The molecule has 0 aliphatic rings. The zero-order valence-electron chi connectivity index (χ0n) is 13.9. The number of aryl methyl sites for hydroxylation is 2. The molecule has 5 heteroatoms. The molecular weight excluding hydrogens is 300 g/mol. The first kappa shape index (κ1) is 15.9. The van der Waals surface area contributed by atoms with Crippen LogP contribution in [0.25, 0.3) is 11.4 Å². The van der Waals surface area contributed by atoms with Crippen LogP contribution < -0.4 is 5.32 Å². The number of amides is 1. The minimum absolute atomic E-state index is 0.0513. The van der Waals surface area contributed by atoms with E-state index in [0.717, 1.165) is 28.1 Å². The molecule has 2 aromatic heterocycles. The Labute approximate surface area is 141 Å². The molecule has 122 valence electrons. The Morgan fingerprint density at radius 1 is 1.12 bits per heavy atom. The van der Waals surface area contributed by atoms with Gasteiger partial charge in [0, 0.05) is 24.5 Å². The fourth-order valence-electron chi connectivity index (χ4n) is 2.58. The maximum Gasteiger partial charge on any atom is 0.251 e. The number of carbonyl (C=O) groups excluding carboxylic acids is 1. The SMILES string of the molecule is Cc1ccc(C(=O)NCCn2ccc(-c3ccccn3)n2)c(C)c1. The molecule has 0 fully saturated rings. The lowest BCUT2D eigenvalue weighted by molar-refractivity contribution is 0.0951. The van der Waals surface area contributed by atoms with Crippen molar-refractivity contribution in [2.45, 2.75) is 20.4 Å². The summed E-state index contributed by atoms with van der Waals surface area (Å²) in [6, 6.07) is 13.5. The molecule has 0 bridgehead atoms. The summed E-state index contributed by atoms with van der Waals surface area (Å²) < 4.78 is 1.81. The third-order valence-corrected chi connectivity index (χ3v) is 3.82. The molecule has 0 spiro atoms. The Hall–Kier alpha value is -2.95. The molecule has 1 amide bonds. The summed E-state index contributed by atoms with van der Waals surface area (Å²) in [5.41, 5.74) is 4.54. The van der Waals surface area contributed by atoms with Crippen molar-refractivity contribution in [3.8, 4) is 11.4 Å². The Morgan fingerprint density at radius 2 is 2.00 bits per heavy atom. The molecule has 1 N–H and O–H groups in total. The summed E-state index contributed by atoms with van der Waals surface area (Å²) in [4.78, 5) is 16.5. The normalized spacial score (nSPS) is 10.6. The largest absolute Gasteiger partial charge is 0.350 e. The monoisotopic (exact) mass is 320 g/mol. The van der Waals surface area contributed by atoms with Gasteiger partial charge in [0.05, 0.1) is 12.2 Å². The highest BCUT2D eigenvalue weighted by Crippen LogP contribution is 2.13. The maximum absolute atomic E-state index is 12.2. The van der Waals surface area contributed by atoms with Gasteiger partial charge in [-0.15, -0.1) is 0 Å². The van der Waals surface area contributed by atoms with Gasteiger partial charge in [0.25, 0.3) is 5.91 Å². The van der Waals surface area contributed by atoms with Gasteiger partial charge in [0.15, 0.2) is 0 Å². The van der Waals surface area contributed by atoms with Gasteiger partial charge in [-0.25, -0.2) is 0 Å². The Balaban J connectivity index is 1.57. The van der Waals surface area contributed by atoms with Crippen LogP contribution >= 0.6 is 0 Å². The fourth-order valence-corrected chi connectivity index (χ4v) is 2.58. The number of hydrogen-bond donors (Lipinski definition) is 1. The van der Waals surface area contributed by atoms with E-state index in [4.69, 9.17) is 0 Å². The van der Waals surface area contributed by atoms with Crippen LogP contribution in [0.5, 0.6) is 0 Å². The van der Waals surface area contributed by atoms with Gasteiger partial charge in [-0.1, -0.05) is 23.8 Å². The van der Waals surface area contributed by atoms with E-state index in [1.807, 2.05) is 67.2 Å². The lowest BCUT2D eigenvalue weighted by atomic mass is 10.1. The second-order valence-corrected chi connectivity index (χ2v) is 5.75. The summed E-state index contributed by atoms with van der Waals surface area (Å²) in [6.45, 7) is 5.11. The molecule has 0 atom stereocenters.